The summed E-state index contributed by atoms with van der Waals surface area (Å²) in [7, 11) is 0. The van der Waals surface area contributed by atoms with Gasteiger partial charge in [-0.3, -0.25) is 0 Å². The molecular weight excluding hydrogens is 294 g/mol. The van der Waals surface area contributed by atoms with Gasteiger partial charge in [0.25, 0.3) is 0 Å². The predicted octanol–water partition coefficient (Wildman–Crippen LogP) is 3.61. The van der Waals surface area contributed by atoms with Crippen LogP contribution in [0, 0.1) is 11.3 Å². The number of benzene rings is 2. The number of ether oxygens (including phenoxy) is 1. The Morgan fingerprint density at radius 2 is 1.89 bits per heavy atom. The van der Waals surface area contributed by atoms with Crippen molar-refractivity contribution in [2.75, 3.05) is 0 Å². The van der Waals surface area contributed by atoms with E-state index in [1.165, 1.54) is 0 Å². The number of nitrogens with zero attached hydrogens (tertiary/aromatic N) is 1. The van der Waals surface area contributed by atoms with Crippen molar-refractivity contribution in [3.63, 3.8) is 0 Å². The van der Waals surface area contributed by atoms with Gasteiger partial charge in [0.1, 0.15) is 11.5 Å². The molecule has 3 nitrogen and oxygen atoms in total. The van der Waals surface area contributed by atoms with E-state index in [0.717, 1.165) is 10.0 Å². The molecule has 0 radical (unpaired) electrons. The highest BCUT2D eigenvalue weighted by atomic mass is 79.9. The first-order valence-electron chi connectivity index (χ1n) is 5.30. The third kappa shape index (κ3) is 2.89. The Bertz CT molecular complexity index is 588. The van der Waals surface area contributed by atoms with E-state index in [1.54, 1.807) is 42.5 Å². The number of rotatable bonds is 3. The molecule has 0 aromatic heterocycles. The number of nitriles is 1. The summed E-state index contributed by atoms with van der Waals surface area (Å²) < 4.78 is 6.45. The molecule has 2 rings (SSSR count). The lowest BCUT2D eigenvalue weighted by molar-refractivity contribution is 0.281. The third-order valence-corrected chi connectivity index (χ3v) is 3.01. The standard InChI is InChI=1S/C14H10BrNO2/c15-13-7-11(9-17)3-6-14(13)18-12-4-1-10(8-16)2-5-12/h1-7,17H,9H2. The van der Waals surface area contributed by atoms with Gasteiger partial charge in [-0.25, -0.2) is 0 Å². The lowest BCUT2D eigenvalue weighted by Crippen LogP contribution is -1.88. The number of hydrogen-bond acceptors (Lipinski definition) is 3. The molecule has 0 aliphatic carbocycles. The van der Waals surface area contributed by atoms with Crippen LogP contribution in [0.4, 0.5) is 0 Å². The van der Waals surface area contributed by atoms with Gasteiger partial charge in [0, 0.05) is 0 Å². The van der Waals surface area contributed by atoms with Gasteiger partial charge < -0.3 is 9.84 Å². The van der Waals surface area contributed by atoms with Crippen molar-refractivity contribution in [2.45, 2.75) is 6.61 Å². The van der Waals surface area contributed by atoms with Crippen molar-refractivity contribution >= 4 is 15.9 Å². The molecule has 0 heterocycles. The Morgan fingerprint density at radius 3 is 2.44 bits per heavy atom. The first-order chi connectivity index (χ1) is 8.72. The van der Waals surface area contributed by atoms with Crippen molar-refractivity contribution in [3.05, 3.63) is 58.1 Å². The van der Waals surface area contributed by atoms with E-state index in [-0.39, 0.29) is 6.61 Å². The molecule has 0 aliphatic rings. The smallest absolute Gasteiger partial charge is 0.141 e. The van der Waals surface area contributed by atoms with Crippen molar-refractivity contribution in [1.82, 2.24) is 0 Å². The maximum Gasteiger partial charge on any atom is 0.141 e. The Labute approximate surface area is 113 Å². The Balaban J connectivity index is 2.20. The third-order valence-electron chi connectivity index (χ3n) is 2.39. The van der Waals surface area contributed by atoms with E-state index in [2.05, 4.69) is 22.0 Å². The van der Waals surface area contributed by atoms with Gasteiger partial charge in [-0.1, -0.05) is 6.07 Å². The number of halogens is 1. The highest BCUT2D eigenvalue weighted by Gasteiger charge is 2.04. The monoisotopic (exact) mass is 303 g/mol. The molecule has 2 aromatic rings. The summed E-state index contributed by atoms with van der Waals surface area (Å²) in [4.78, 5) is 0. The Morgan fingerprint density at radius 1 is 1.17 bits per heavy atom. The second-order valence-electron chi connectivity index (χ2n) is 3.66. The van der Waals surface area contributed by atoms with Gasteiger partial charge >= 0.3 is 0 Å². The average molecular weight is 304 g/mol. The van der Waals surface area contributed by atoms with Gasteiger partial charge in [-0.2, -0.15) is 5.26 Å². The SMILES string of the molecule is N#Cc1ccc(Oc2ccc(CO)cc2Br)cc1. The topological polar surface area (TPSA) is 53.2 Å². The second kappa shape index (κ2) is 5.67. The lowest BCUT2D eigenvalue weighted by atomic mass is 10.2. The predicted molar refractivity (Wildman–Crippen MR) is 71.3 cm³/mol. The van der Waals surface area contributed by atoms with E-state index >= 15 is 0 Å². The number of aliphatic hydroxyl groups excluding tert-OH is 1. The summed E-state index contributed by atoms with van der Waals surface area (Å²) in [5.41, 5.74) is 1.41. The van der Waals surface area contributed by atoms with E-state index in [1.807, 2.05) is 0 Å². The summed E-state index contributed by atoms with van der Waals surface area (Å²) in [6.07, 6.45) is 0. The average Bonchev–Trinajstić information content (AvgIpc) is 2.42. The van der Waals surface area contributed by atoms with Gasteiger partial charge in [0.2, 0.25) is 0 Å². The maximum absolute atomic E-state index is 9.01. The van der Waals surface area contributed by atoms with E-state index < -0.39 is 0 Å². The van der Waals surface area contributed by atoms with Crippen LogP contribution < -0.4 is 4.74 Å². The molecule has 0 unspecified atom stereocenters. The minimum Gasteiger partial charge on any atom is -0.456 e. The van der Waals surface area contributed by atoms with Crippen LogP contribution in [0.3, 0.4) is 0 Å². The second-order valence-corrected chi connectivity index (χ2v) is 4.52. The van der Waals surface area contributed by atoms with Crippen LogP contribution in [0.15, 0.2) is 46.9 Å². The van der Waals surface area contributed by atoms with Crippen LogP contribution in [-0.2, 0) is 6.61 Å². The van der Waals surface area contributed by atoms with Gasteiger partial charge in [0.15, 0.2) is 0 Å². The van der Waals surface area contributed by atoms with Gasteiger partial charge in [0.05, 0.1) is 22.7 Å². The molecule has 1 N–H and O–H groups in total. The highest BCUT2D eigenvalue weighted by molar-refractivity contribution is 9.10. The zero-order valence-electron chi connectivity index (χ0n) is 9.43. The lowest BCUT2D eigenvalue weighted by Gasteiger charge is -2.08. The van der Waals surface area contributed by atoms with Crippen LogP contribution in [0.25, 0.3) is 0 Å². The fraction of sp³-hybridized carbons (Fsp3) is 0.0714. The van der Waals surface area contributed by atoms with Crippen LogP contribution in [-0.4, -0.2) is 5.11 Å². The quantitative estimate of drug-likeness (QED) is 0.942. The summed E-state index contributed by atoms with van der Waals surface area (Å²) in [6.45, 7) is -0.00422. The number of aliphatic hydroxyl groups is 1. The van der Waals surface area contributed by atoms with Crippen LogP contribution in [0.5, 0.6) is 11.5 Å². The zero-order valence-corrected chi connectivity index (χ0v) is 11.0. The highest BCUT2D eigenvalue weighted by Crippen LogP contribution is 2.30. The number of hydrogen-bond donors (Lipinski definition) is 1. The first kappa shape index (κ1) is 12.6. The minimum atomic E-state index is -0.00422. The molecule has 0 amide bonds. The molecule has 0 fully saturated rings. The molecule has 0 spiro atoms. The van der Waals surface area contributed by atoms with Crippen molar-refractivity contribution in [1.29, 1.82) is 5.26 Å². The molecular formula is C14H10BrNO2. The van der Waals surface area contributed by atoms with E-state index in [9.17, 15) is 0 Å². The van der Waals surface area contributed by atoms with Crippen LogP contribution in [0.2, 0.25) is 0 Å². The first-order valence-corrected chi connectivity index (χ1v) is 6.09. The van der Waals surface area contributed by atoms with Gasteiger partial charge in [-0.05, 0) is 57.9 Å². The summed E-state index contributed by atoms with van der Waals surface area (Å²) in [5.74, 6) is 1.32. The summed E-state index contributed by atoms with van der Waals surface area (Å²) >= 11 is 3.39. The molecule has 0 saturated carbocycles. The fourth-order valence-electron chi connectivity index (χ4n) is 1.45. The Hall–Kier alpha value is -1.83. The van der Waals surface area contributed by atoms with E-state index in [0.29, 0.717) is 17.1 Å². The van der Waals surface area contributed by atoms with Crippen molar-refractivity contribution < 1.29 is 9.84 Å². The molecule has 0 bridgehead atoms. The van der Waals surface area contributed by atoms with Crippen molar-refractivity contribution in [2.24, 2.45) is 0 Å². The summed E-state index contributed by atoms with van der Waals surface area (Å²) in [5, 5.41) is 17.7. The molecule has 0 aliphatic heterocycles. The van der Waals surface area contributed by atoms with Gasteiger partial charge in [-0.15, -0.1) is 0 Å². The van der Waals surface area contributed by atoms with Crippen LogP contribution >= 0.6 is 15.9 Å². The molecule has 18 heavy (non-hydrogen) atoms. The minimum absolute atomic E-state index is 0.00422. The Kier molecular flexibility index (Phi) is 3.98. The van der Waals surface area contributed by atoms with Crippen LogP contribution in [0.1, 0.15) is 11.1 Å². The fourth-order valence-corrected chi connectivity index (χ4v) is 1.96. The zero-order chi connectivity index (χ0) is 13.0. The largest absolute Gasteiger partial charge is 0.456 e. The molecule has 0 saturated heterocycles. The molecule has 0 atom stereocenters. The maximum atomic E-state index is 9.01. The summed E-state index contributed by atoms with van der Waals surface area (Å²) in [6, 6.07) is 14.3. The normalized spacial score (nSPS) is 9.83. The molecule has 2 aromatic carbocycles. The molecule has 4 heteroatoms. The molecule has 90 valence electrons. The van der Waals surface area contributed by atoms with E-state index in [4.69, 9.17) is 15.1 Å². The van der Waals surface area contributed by atoms with Crippen molar-refractivity contribution in [3.8, 4) is 17.6 Å².